The molecule has 2 rings (SSSR count). The first-order valence-corrected chi connectivity index (χ1v) is 6.56. The van der Waals surface area contributed by atoms with E-state index in [1.807, 2.05) is 6.04 Å². The SMILES string of the molecule is C#Cn1c(O)c(C#N)c(C)c(N=Nc2cc([N+](=O)[O-])ccc2O)c1=O. The molecular formula is C15H9N5O5. The maximum Gasteiger partial charge on any atom is 0.293 e. The van der Waals surface area contributed by atoms with Crippen molar-refractivity contribution in [3.63, 3.8) is 0 Å². The van der Waals surface area contributed by atoms with Gasteiger partial charge < -0.3 is 10.2 Å². The maximum atomic E-state index is 12.2. The van der Waals surface area contributed by atoms with E-state index in [9.17, 15) is 25.1 Å². The topological polar surface area (TPSA) is 154 Å². The van der Waals surface area contributed by atoms with Crippen molar-refractivity contribution < 1.29 is 15.1 Å². The number of azo groups is 1. The number of non-ortho nitro benzene ring substituents is 1. The summed E-state index contributed by atoms with van der Waals surface area (Å²) in [7, 11) is 0. The van der Waals surface area contributed by atoms with Crippen LogP contribution in [0.1, 0.15) is 11.1 Å². The van der Waals surface area contributed by atoms with E-state index in [4.69, 9.17) is 11.7 Å². The van der Waals surface area contributed by atoms with Gasteiger partial charge in [0.15, 0.2) is 5.69 Å². The standard InChI is InChI=1S/C15H9N5O5/c1-3-19-14(22)10(7-16)8(2)13(15(19)23)18-17-11-6-9(20(24)25)4-5-12(11)21/h1,4-6,21-22H,2H3. The van der Waals surface area contributed by atoms with Crippen LogP contribution in [0, 0.1) is 40.8 Å². The predicted molar refractivity (Wildman–Crippen MR) is 85.0 cm³/mol. The first kappa shape index (κ1) is 17.2. The number of nitrogens with zero attached hydrogens (tertiary/aromatic N) is 5. The predicted octanol–water partition coefficient (Wildman–Crippen LogP) is 2.20. The summed E-state index contributed by atoms with van der Waals surface area (Å²) < 4.78 is 0.479. The van der Waals surface area contributed by atoms with Gasteiger partial charge in [0.2, 0.25) is 5.88 Å². The quantitative estimate of drug-likeness (QED) is 0.378. The molecule has 2 N–H and O–H groups in total. The number of aromatic hydroxyl groups is 2. The highest BCUT2D eigenvalue weighted by Gasteiger charge is 2.18. The van der Waals surface area contributed by atoms with E-state index in [2.05, 4.69) is 10.2 Å². The highest BCUT2D eigenvalue weighted by molar-refractivity contribution is 5.59. The molecule has 10 nitrogen and oxygen atoms in total. The minimum Gasteiger partial charge on any atom is -0.506 e. The van der Waals surface area contributed by atoms with E-state index in [0.717, 1.165) is 18.2 Å². The monoisotopic (exact) mass is 339 g/mol. The molecule has 0 saturated heterocycles. The summed E-state index contributed by atoms with van der Waals surface area (Å²) in [4.78, 5) is 22.3. The van der Waals surface area contributed by atoms with Gasteiger partial charge in [-0.05, 0) is 13.0 Å². The van der Waals surface area contributed by atoms with Crippen molar-refractivity contribution in [1.29, 1.82) is 5.26 Å². The Bertz CT molecular complexity index is 1060. The van der Waals surface area contributed by atoms with Gasteiger partial charge in [0.1, 0.15) is 23.1 Å². The number of phenolic OH excluding ortho intramolecular Hbond substituents is 1. The molecule has 0 bridgehead atoms. The Balaban J connectivity index is 2.67. The molecule has 1 aromatic carbocycles. The third kappa shape index (κ3) is 3.00. The molecule has 2 aromatic rings. The molecule has 1 aromatic heterocycles. The zero-order valence-electron chi connectivity index (χ0n) is 12.7. The van der Waals surface area contributed by atoms with Crippen molar-refractivity contribution in [3.8, 4) is 30.2 Å². The van der Waals surface area contributed by atoms with E-state index in [1.165, 1.54) is 6.92 Å². The number of hydrogen-bond acceptors (Lipinski definition) is 8. The van der Waals surface area contributed by atoms with Crippen LogP contribution in [-0.2, 0) is 0 Å². The summed E-state index contributed by atoms with van der Waals surface area (Å²) in [6.07, 6.45) is 5.13. The van der Waals surface area contributed by atoms with Crippen LogP contribution >= 0.6 is 0 Å². The van der Waals surface area contributed by atoms with Crippen molar-refractivity contribution >= 4 is 17.1 Å². The molecule has 0 fully saturated rings. The van der Waals surface area contributed by atoms with Gasteiger partial charge in [-0.3, -0.25) is 14.9 Å². The number of pyridine rings is 1. The number of aromatic nitrogens is 1. The van der Waals surface area contributed by atoms with E-state index in [-0.39, 0.29) is 28.2 Å². The summed E-state index contributed by atoms with van der Waals surface area (Å²) in [6, 6.07) is 6.67. The van der Waals surface area contributed by atoms with Crippen LogP contribution in [0.4, 0.5) is 17.1 Å². The molecular weight excluding hydrogens is 330 g/mol. The first-order valence-electron chi connectivity index (χ1n) is 6.56. The third-order valence-electron chi connectivity index (χ3n) is 3.24. The van der Waals surface area contributed by atoms with Crippen molar-refractivity contribution in [3.05, 3.63) is 49.8 Å². The molecule has 124 valence electrons. The van der Waals surface area contributed by atoms with E-state index in [1.54, 1.807) is 6.07 Å². The van der Waals surface area contributed by atoms with Crippen LogP contribution in [0.5, 0.6) is 11.6 Å². The molecule has 0 amide bonds. The summed E-state index contributed by atoms with van der Waals surface area (Å²) in [6.45, 7) is 1.35. The summed E-state index contributed by atoms with van der Waals surface area (Å²) >= 11 is 0. The summed E-state index contributed by atoms with van der Waals surface area (Å²) in [5.74, 6) is -1.10. The summed E-state index contributed by atoms with van der Waals surface area (Å²) in [5, 5.41) is 46.6. The number of benzene rings is 1. The van der Waals surface area contributed by atoms with Crippen LogP contribution < -0.4 is 5.56 Å². The fourth-order valence-corrected chi connectivity index (χ4v) is 1.94. The number of rotatable bonds is 3. The van der Waals surface area contributed by atoms with Gasteiger partial charge in [-0.2, -0.15) is 5.26 Å². The summed E-state index contributed by atoms with van der Waals surface area (Å²) in [5.41, 5.74) is -2.11. The zero-order valence-corrected chi connectivity index (χ0v) is 12.7. The van der Waals surface area contributed by atoms with Crippen LogP contribution in [0.2, 0.25) is 0 Å². The lowest BCUT2D eigenvalue weighted by Crippen LogP contribution is -2.18. The highest BCUT2D eigenvalue weighted by atomic mass is 16.6. The molecule has 0 aliphatic rings. The fourth-order valence-electron chi connectivity index (χ4n) is 1.94. The van der Waals surface area contributed by atoms with E-state index < -0.39 is 22.1 Å². The largest absolute Gasteiger partial charge is 0.506 e. The second-order valence-corrected chi connectivity index (χ2v) is 4.68. The molecule has 0 atom stereocenters. The number of nitro groups is 1. The number of nitro benzene ring substituents is 1. The Morgan fingerprint density at radius 1 is 1.36 bits per heavy atom. The van der Waals surface area contributed by atoms with Crippen LogP contribution in [0.3, 0.4) is 0 Å². The van der Waals surface area contributed by atoms with Gasteiger partial charge in [0, 0.05) is 23.7 Å². The lowest BCUT2D eigenvalue weighted by atomic mass is 10.1. The molecule has 0 aliphatic heterocycles. The normalized spacial score (nSPS) is 10.4. The Kier molecular flexibility index (Phi) is 4.48. The van der Waals surface area contributed by atoms with E-state index in [0.29, 0.717) is 4.57 Å². The average molecular weight is 339 g/mol. The molecule has 0 saturated carbocycles. The number of hydrogen-bond donors (Lipinski definition) is 2. The van der Waals surface area contributed by atoms with Gasteiger partial charge in [0.05, 0.1) is 4.92 Å². The molecule has 0 radical (unpaired) electrons. The Labute approximate surface area is 140 Å². The molecule has 0 aliphatic carbocycles. The lowest BCUT2D eigenvalue weighted by molar-refractivity contribution is -0.384. The van der Waals surface area contributed by atoms with Gasteiger partial charge in [-0.15, -0.1) is 10.2 Å². The molecule has 10 heteroatoms. The Morgan fingerprint density at radius 3 is 2.60 bits per heavy atom. The van der Waals surface area contributed by atoms with Gasteiger partial charge in [0.25, 0.3) is 11.2 Å². The number of phenols is 1. The number of terminal acetylenes is 1. The Hall–Kier alpha value is -4.18. The smallest absolute Gasteiger partial charge is 0.293 e. The first-order chi connectivity index (χ1) is 11.8. The van der Waals surface area contributed by atoms with Crippen molar-refractivity contribution in [2.24, 2.45) is 10.2 Å². The van der Waals surface area contributed by atoms with Gasteiger partial charge >= 0.3 is 0 Å². The molecule has 0 spiro atoms. The second kappa shape index (κ2) is 6.52. The molecule has 25 heavy (non-hydrogen) atoms. The van der Waals surface area contributed by atoms with Gasteiger partial charge in [-0.1, -0.05) is 6.42 Å². The molecule has 0 unspecified atom stereocenters. The third-order valence-corrected chi connectivity index (χ3v) is 3.24. The lowest BCUT2D eigenvalue weighted by Gasteiger charge is -2.07. The van der Waals surface area contributed by atoms with E-state index >= 15 is 0 Å². The van der Waals surface area contributed by atoms with Crippen LogP contribution in [0.25, 0.3) is 0 Å². The number of nitriles is 1. The van der Waals surface area contributed by atoms with Gasteiger partial charge in [-0.25, -0.2) is 4.57 Å². The minimum atomic E-state index is -0.912. The maximum absolute atomic E-state index is 12.2. The minimum absolute atomic E-state index is 0.0187. The van der Waals surface area contributed by atoms with Crippen molar-refractivity contribution in [1.82, 2.24) is 4.57 Å². The Morgan fingerprint density at radius 2 is 2.04 bits per heavy atom. The average Bonchev–Trinajstić information content (AvgIpc) is 2.56. The second-order valence-electron chi connectivity index (χ2n) is 4.68. The fraction of sp³-hybridized carbons (Fsp3) is 0.0667. The van der Waals surface area contributed by atoms with Crippen LogP contribution in [-0.4, -0.2) is 19.7 Å². The molecule has 1 heterocycles. The van der Waals surface area contributed by atoms with Crippen LogP contribution in [0.15, 0.2) is 33.2 Å². The van der Waals surface area contributed by atoms with Crippen molar-refractivity contribution in [2.45, 2.75) is 6.92 Å². The zero-order chi connectivity index (χ0) is 18.7. The highest BCUT2D eigenvalue weighted by Crippen LogP contribution is 2.32. The van der Waals surface area contributed by atoms with Crippen molar-refractivity contribution in [2.75, 3.05) is 0 Å².